The highest BCUT2D eigenvalue weighted by Gasteiger charge is 2.35. The van der Waals surface area contributed by atoms with E-state index in [9.17, 15) is 14.4 Å². The van der Waals surface area contributed by atoms with Crippen LogP contribution < -0.4 is 21.3 Å². The third kappa shape index (κ3) is 3.39. The summed E-state index contributed by atoms with van der Waals surface area (Å²) in [5.74, 6) is -0.687. The van der Waals surface area contributed by atoms with Gasteiger partial charge in [0.1, 0.15) is 5.69 Å². The van der Waals surface area contributed by atoms with Gasteiger partial charge in [0.25, 0.3) is 11.8 Å². The van der Waals surface area contributed by atoms with Crippen LogP contribution in [0.1, 0.15) is 45.8 Å². The minimum atomic E-state index is -0.702. The molecule has 0 unspecified atom stereocenters. The Morgan fingerprint density at radius 1 is 0.917 bits per heavy atom. The van der Waals surface area contributed by atoms with Gasteiger partial charge in [0, 0.05) is 36.4 Å². The average Bonchev–Trinajstić information content (AvgIpc) is 3.46. The summed E-state index contributed by atoms with van der Waals surface area (Å²) in [6.45, 7) is 1.05. The summed E-state index contributed by atoms with van der Waals surface area (Å²) in [6, 6.07) is 12.5. The molecule has 36 heavy (non-hydrogen) atoms. The maximum Gasteiger partial charge on any atom is 0.277 e. The minimum Gasteiger partial charge on any atom is -0.380 e. The van der Waals surface area contributed by atoms with Gasteiger partial charge in [0.05, 0.1) is 11.1 Å². The van der Waals surface area contributed by atoms with Gasteiger partial charge >= 0.3 is 0 Å². The number of piperidine rings is 1. The second-order valence-electron chi connectivity index (χ2n) is 8.93. The van der Waals surface area contributed by atoms with Gasteiger partial charge in [-0.25, -0.2) is 4.68 Å². The number of nitrogens with two attached hydrogens (primary N) is 2. The van der Waals surface area contributed by atoms with E-state index >= 15 is 0 Å². The Bertz CT molecular complexity index is 1540. The Hall–Kier alpha value is -4.67. The van der Waals surface area contributed by atoms with Crippen molar-refractivity contribution in [3.05, 3.63) is 59.4 Å². The lowest BCUT2D eigenvalue weighted by Crippen LogP contribution is -2.39. The molecule has 0 spiro atoms. The van der Waals surface area contributed by atoms with Gasteiger partial charge in [0.15, 0.2) is 17.1 Å². The summed E-state index contributed by atoms with van der Waals surface area (Å²) in [5.41, 5.74) is 14.9. The number of benzene rings is 2. The molecule has 11 nitrogen and oxygen atoms in total. The van der Waals surface area contributed by atoms with Gasteiger partial charge in [-0.2, -0.15) is 5.10 Å². The molecule has 4 aromatic rings. The lowest BCUT2D eigenvalue weighted by atomic mass is 10.0. The lowest BCUT2D eigenvalue weighted by molar-refractivity contribution is -0.119. The third-order valence-corrected chi connectivity index (χ3v) is 6.77. The number of carbonyl (C=O) groups is 3. The first-order chi connectivity index (χ1) is 17.4. The highest BCUT2D eigenvalue weighted by molar-refractivity contribution is 6.09. The zero-order valence-corrected chi connectivity index (χ0v) is 19.3. The monoisotopic (exact) mass is 485 g/mol. The van der Waals surface area contributed by atoms with Crippen molar-refractivity contribution >= 4 is 45.9 Å². The molecule has 6 rings (SSSR count). The van der Waals surface area contributed by atoms with Crippen LogP contribution in [0.3, 0.4) is 0 Å². The van der Waals surface area contributed by atoms with Crippen molar-refractivity contribution < 1.29 is 18.9 Å². The van der Waals surface area contributed by atoms with E-state index in [-0.39, 0.29) is 29.0 Å². The topological polar surface area (TPSA) is 154 Å². The molecule has 2 aliphatic rings. The normalized spacial score (nSPS) is 16.0. The molecular formula is C25H23N7O4. The molecule has 2 aromatic carbocycles. The van der Waals surface area contributed by atoms with Crippen molar-refractivity contribution in [2.75, 3.05) is 28.6 Å². The Balaban J connectivity index is 1.38. The average molecular weight is 486 g/mol. The molecule has 2 aliphatic heterocycles. The van der Waals surface area contributed by atoms with Crippen LogP contribution in [0.2, 0.25) is 0 Å². The largest absolute Gasteiger partial charge is 0.380 e. The van der Waals surface area contributed by atoms with E-state index in [1.165, 1.54) is 4.68 Å². The maximum atomic E-state index is 13.8. The van der Waals surface area contributed by atoms with Crippen molar-refractivity contribution in [1.82, 2.24) is 14.9 Å². The number of carbonyl (C=O) groups excluding carboxylic acids is 3. The fourth-order valence-corrected chi connectivity index (χ4v) is 4.96. The number of aromatic nitrogens is 3. The van der Waals surface area contributed by atoms with Crippen LogP contribution in [-0.2, 0) is 11.2 Å². The highest BCUT2D eigenvalue weighted by atomic mass is 16.5. The number of hydrogen-bond donors (Lipinski definition) is 2. The molecular weight excluding hydrogens is 462 g/mol. The van der Waals surface area contributed by atoms with E-state index in [4.69, 9.17) is 16.0 Å². The number of primary amides is 1. The number of nitrogen functional groups attached to an aromatic ring is 1. The molecule has 0 atom stereocenters. The van der Waals surface area contributed by atoms with E-state index in [0.29, 0.717) is 53.8 Å². The molecule has 0 aliphatic carbocycles. The molecule has 182 valence electrons. The Morgan fingerprint density at radius 2 is 1.64 bits per heavy atom. The van der Waals surface area contributed by atoms with Gasteiger partial charge in [-0.05, 0) is 61.7 Å². The van der Waals surface area contributed by atoms with Crippen molar-refractivity contribution in [3.8, 4) is 5.69 Å². The number of nitrogens with zero attached hydrogens (tertiary/aromatic N) is 5. The Kier molecular flexibility index (Phi) is 4.99. The van der Waals surface area contributed by atoms with Crippen molar-refractivity contribution in [2.45, 2.75) is 25.7 Å². The standard InChI is InChI=1S/C25H23N7O4/c26-23-18-13-16(8-9-19(18)36-29-23)32-22-17(21(28-32)24(27)34)10-12-31(25(22)35)15-6-4-14(5-7-15)30-11-2-1-3-20(30)33/h4-9,13H,1-3,10-12H2,(H2,26,29)(H2,27,34). The number of anilines is 3. The highest BCUT2D eigenvalue weighted by Crippen LogP contribution is 2.32. The van der Waals surface area contributed by atoms with E-state index < -0.39 is 5.91 Å². The van der Waals surface area contributed by atoms with Gasteiger partial charge < -0.3 is 25.8 Å². The molecule has 11 heteroatoms. The number of hydrogen-bond acceptors (Lipinski definition) is 7. The first-order valence-corrected chi connectivity index (χ1v) is 11.7. The van der Waals surface area contributed by atoms with Crippen LogP contribution in [0.4, 0.5) is 17.2 Å². The van der Waals surface area contributed by atoms with E-state index in [0.717, 1.165) is 18.5 Å². The first-order valence-electron chi connectivity index (χ1n) is 11.7. The third-order valence-electron chi connectivity index (χ3n) is 6.77. The first kappa shape index (κ1) is 21.8. The number of amides is 3. The van der Waals surface area contributed by atoms with Gasteiger partial charge in [0.2, 0.25) is 5.91 Å². The fraction of sp³-hybridized carbons (Fsp3) is 0.240. The predicted octanol–water partition coefficient (Wildman–Crippen LogP) is 2.41. The quantitative estimate of drug-likeness (QED) is 0.450. The van der Waals surface area contributed by atoms with E-state index in [2.05, 4.69) is 10.3 Å². The summed E-state index contributed by atoms with van der Waals surface area (Å²) < 4.78 is 6.60. The molecule has 0 saturated carbocycles. The summed E-state index contributed by atoms with van der Waals surface area (Å²) in [4.78, 5) is 41.6. The predicted molar refractivity (Wildman–Crippen MR) is 132 cm³/mol. The van der Waals surface area contributed by atoms with E-state index in [1.54, 1.807) is 28.0 Å². The molecule has 1 saturated heterocycles. The van der Waals surface area contributed by atoms with Gasteiger partial charge in [-0.3, -0.25) is 14.4 Å². The summed E-state index contributed by atoms with van der Waals surface area (Å²) in [6.07, 6.45) is 2.84. The second-order valence-corrected chi connectivity index (χ2v) is 8.93. The van der Waals surface area contributed by atoms with Crippen molar-refractivity contribution in [2.24, 2.45) is 5.73 Å². The summed E-state index contributed by atoms with van der Waals surface area (Å²) >= 11 is 0. The lowest BCUT2D eigenvalue weighted by Gasteiger charge is -2.29. The molecule has 4 heterocycles. The molecule has 0 bridgehead atoms. The molecule has 1 fully saturated rings. The smallest absolute Gasteiger partial charge is 0.277 e. The van der Waals surface area contributed by atoms with Crippen LogP contribution >= 0.6 is 0 Å². The van der Waals surface area contributed by atoms with Gasteiger partial charge in [-0.15, -0.1) is 0 Å². The van der Waals surface area contributed by atoms with Crippen LogP contribution in [0.15, 0.2) is 47.0 Å². The maximum absolute atomic E-state index is 13.8. The van der Waals surface area contributed by atoms with Crippen molar-refractivity contribution in [1.29, 1.82) is 0 Å². The molecule has 3 amide bonds. The minimum absolute atomic E-state index is 0.0651. The van der Waals surface area contributed by atoms with Crippen LogP contribution in [0.25, 0.3) is 16.7 Å². The van der Waals surface area contributed by atoms with Gasteiger partial charge in [-0.1, -0.05) is 5.16 Å². The Labute approximate surface area is 205 Å². The second kappa shape index (κ2) is 8.22. The van der Waals surface area contributed by atoms with Crippen LogP contribution in [0.5, 0.6) is 0 Å². The zero-order valence-electron chi connectivity index (χ0n) is 19.3. The van der Waals surface area contributed by atoms with Crippen molar-refractivity contribution in [3.63, 3.8) is 0 Å². The molecule has 2 aromatic heterocycles. The molecule has 4 N–H and O–H groups in total. The number of rotatable bonds is 4. The van der Waals surface area contributed by atoms with Crippen LogP contribution in [-0.4, -0.2) is 45.7 Å². The fourth-order valence-electron chi connectivity index (χ4n) is 4.96. The number of fused-ring (bicyclic) bond motifs is 2. The summed E-state index contributed by atoms with van der Waals surface area (Å²) in [5, 5.41) is 8.74. The Morgan fingerprint density at radius 3 is 2.36 bits per heavy atom. The zero-order chi connectivity index (χ0) is 25.0. The summed E-state index contributed by atoms with van der Waals surface area (Å²) in [7, 11) is 0. The SMILES string of the molecule is NC(=O)c1nn(-c2ccc3onc(N)c3c2)c2c1CCN(c1ccc(N3CCCCC3=O)cc1)C2=O. The van der Waals surface area contributed by atoms with E-state index in [1.807, 2.05) is 24.3 Å². The molecule has 0 radical (unpaired) electrons. The van der Waals surface area contributed by atoms with Crippen LogP contribution in [0, 0.1) is 0 Å².